The molecule has 2 heteroatoms. The summed E-state index contributed by atoms with van der Waals surface area (Å²) in [6.07, 6.45) is 2.26. The Morgan fingerprint density at radius 3 is 2.77 bits per heavy atom. The SMILES string of the molecule is CC(CCC=O)c1ccccc1O. The van der Waals surface area contributed by atoms with Crippen LogP contribution in [0.3, 0.4) is 0 Å². The molecule has 1 unspecified atom stereocenters. The highest BCUT2D eigenvalue weighted by Gasteiger charge is 2.08. The lowest BCUT2D eigenvalue weighted by atomic mass is 9.96. The zero-order valence-electron chi connectivity index (χ0n) is 7.73. The summed E-state index contributed by atoms with van der Waals surface area (Å²) in [4.78, 5) is 10.2. The fourth-order valence-electron chi connectivity index (χ4n) is 1.38. The van der Waals surface area contributed by atoms with Crippen LogP contribution >= 0.6 is 0 Å². The van der Waals surface area contributed by atoms with E-state index in [0.29, 0.717) is 12.2 Å². The Balaban J connectivity index is 2.70. The van der Waals surface area contributed by atoms with Gasteiger partial charge in [-0.25, -0.2) is 0 Å². The molecule has 1 N–H and O–H groups in total. The number of hydrogen-bond donors (Lipinski definition) is 1. The maximum Gasteiger partial charge on any atom is 0.120 e. The first kappa shape index (κ1) is 9.78. The maximum atomic E-state index is 10.2. The minimum absolute atomic E-state index is 0.242. The molecule has 0 heterocycles. The van der Waals surface area contributed by atoms with Crippen molar-refractivity contribution in [2.45, 2.75) is 25.7 Å². The standard InChI is InChI=1S/C11H14O2/c1-9(5-4-8-12)10-6-2-3-7-11(10)13/h2-3,6-9,13H,4-5H2,1H3. The van der Waals surface area contributed by atoms with Crippen molar-refractivity contribution in [1.29, 1.82) is 0 Å². The predicted octanol–water partition coefficient (Wildman–Crippen LogP) is 2.47. The lowest BCUT2D eigenvalue weighted by molar-refractivity contribution is -0.108. The van der Waals surface area contributed by atoms with E-state index in [1.165, 1.54) is 0 Å². The second-order valence-corrected chi connectivity index (χ2v) is 3.20. The Kier molecular flexibility index (Phi) is 3.50. The molecule has 0 spiro atoms. The van der Waals surface area contributed by atoms with Crippen LogP contribution in [0.15, 0.2) is 24.3 Å². The van der Waals surface area contributed by atoms with Gasteiger partial charge in [-0.05, 0) is 24.0 Å². The first-order valence-corrected chi connectivity index (χ1v) is 4.47. The van der Waals surface area contributed by atoms with Crippen molar-refractivity contribution in [3.8, 4) is 5.75 Å². The zero-order chi connectivity index (χ0) is 9.68. The molecule has 1 rings (SSSR count). The molecule has 0 fully saturated rings. The van der Waals surface area contributed by atoms with Gasteiger partial charge in [-0.3, -0.25) is 0 Å². The van der Waals surface area contributed by atoms with Crippen molar-refractivity contribution in [3.05, 3.63) is 29.8 Å². The third-order valence-electron chi connectivity index (χ3n) is 2.19. The van der Waals surface area contributed by atoms with Crippen LogP contribution in [-0.2, 0) is 4.79 Å². The van der Waals surface area contributed by atoms with Crippen molar-refractivity contribution in [1.82, 2.24) is 0 Å². The van der Waals surface area contributed by atoms with Gasteiger partial charge in [0.25, 0.3) is 0 Å². The normalized spacial score (nSPS) is 12.4. The summed E-state index contributed by atoms with van der Waals surface area (Å²) in [5.41, 5.74) is 0.921. The van der Waals surface area contributed by atoms with Crippen LogP contribution in [0.1, 0.15) is 31.2 Å². The van der Waals surface area contributed by atoms with Crippen LogP contribution in [0.4, 0.5) is 0 Å². The first-order chi connectivity index (χ1) is 6.25. The van der Waals surface area contributed by atoms with Crippen molar-refractivity contribution >= 4 is 6.29 Å². The molecular weight excluding hydrogens is 164 g/mol. The van der Waals surface area contributed by atoms with E-state index in [4.69, 9.17) is 0 Å². The van der Waals surface area contributed by atoms with Gasteiger partial charge in [-0.2, -0.15) is 0 Å². The Morgan fingerprint density at radius 2 is 2.15 bits per heavy atom. The summed E-state index contributed by atoms with van der Waals surface area (Å²) in [5, 5.41) is 9.49. The number of phenols is 1. The van der Waals surface area contributed by atoms with E-state index in [1.54, 1.807) is 12.1 Å². The highest BCUT2D eigenvalue weighted by Crippen LogP contribution is 2.27. The van der Waals surface area contributed by atoms with E-state index < -0.39 is 0 Å². The minimum atomic E-state index is 0.242. The minimum Gasteiger partial charge on any atom is -0.508 e. The third kappa shape index (κ3) is 2.58. The van der Waals surface area contributed by atoms with Crippen LogP contribution in [0.5, 0.6) is 5.75 Å². The molecule has 1 atom stereocenters. The van der Waals surface area contributed by atoms with Crippen molar-refractivity contribution in [3.63, 3.8) is 0 Å². The second kappa shape index (κ2) is 4.65. The average molecular weight is 178 g/mol. The number of carbonyl (C=O) groups is 1. The monoisotopic (exact) mass is 178 g/mol. The van der Waals surface area contributed by atoms with Crippen LogP contribution < -0.4 is 0 Å². The van der Waals surface area contributed by atoms with Gasteiger partial charge in [-0.15, -0.1) is 0 Å². The van der Waals surface area contributed by atoms with Gasteiger partial charge >= 0.3 is 0 Å². The number of benzene rings is 1. The molecule has 0 radical (unpaired) electrons. The highest BCUT2D eigenvalue weighted by molar-refractivity contribution is 5.49. The number of phenolic OH excluding ortho intramolecular Hbond substituents is 1. The first-order valence-electron chi connectivity index (χ1n) is 4.47. The van der Waals surface area contributed by atoms with E-state index >= 15 is 0 Å². The van der Waals surface area contributed by atoms with Crippen molar-refractivity contribution < 1.29 is 9.90 Å². The van der Waals surface area contributed by atoms with E-state index in [2.05, 4.69) is 0 Å². The van der Waals surface area contributed by atoms with E-state index in [9.17, 15) is 9.90 Å². The molecule has 0 aromatic heterocycles. The number of para-hydroxylation sites is 1. The molecule has 0 aliphatic rings. The summed E-state index contributed by atoms with van der Waals surface area (Å²) >= 11 is 0. The number of rotatable bonds is 4. The molecule has 0 saturated heterocycles. The van der Waals surface area contributed by atoms with Gasteiger partial charge in [0, 0.05) is 6.42 Å². The molecule has 2 nitrogen and oxygen atoms in total. The lowest BCUT2D eigenvalue weighted by Crippen LogP contribution is -1.94. The summed E-state index contributed by atoms with van der Waals surface area (Å²) in [6, 6.07) is 7.26. The lowest BCUT2D eigenvalue weighted by Gasteiger charge is -2.11. The third-order valence-corrected chi connectivity index (χ3v) is 2.19. The van der Waals surface area contributed by atoms with Gasteiger partial charge in [-0.1, -0.05) is 25.1 Å². The van der Waals surface area contributed by atoms with Crippen LogP contribution in [0, 0.1) is 0 Å². The van der Waals surface area contributed by atoms with Crippen LogP contribution in [0.2, 0.25) is 0 Å². The predicted molar refractivity (Wildman–Crippen MR) is 51.8 cm³/mol. The molecule has 0 bridgehead atoms. The number of carbonyl (C=O) groups excluding carboxylic acids is 1. The summed E-state index contributed by atoms with van der Waals surface area (Å²) in [7, 11) is 0. The molecule has 0 saturated carbocycles. The number of hydrogen-bond acceptors (Lipinski definition) is 2. The summed E-state index contributed by atoms with van der Waals surface area (Å²) < 4.78 is 0. The molecule has 0 aliphatic carbocycles. The average Bonchev–Trinajstić information content (AvgIpc) is 2.15. The molecular formula is C11H14O2. The van der Waals surface area contributed by atoms with Crippen LogP contribution in [0.25, 0.3) is 0 Å². The fourth-order valence-corrected chi connectivity index (χ4v) is 1.38. The van der Waals surface area contributed by atoms with Gasteiger partial charge in [0.05, 0.1) is 0 Å². The molecule has 70 valence electrons. The summed E-state index contributed by atoms with van der Waals surface area (Å²) in [6.45, 7) is 2.01. The van der Waals surface area contributed by atoms with Crippen molar-refractivity contribution in [2.24, 2.45) is 0 Å². The largest absolute Gasteiger partial charge is 0.508 e. The molecule has 0 amide bonds. The quantitative estimate of drug-likeness (QED) is 0.719. The smallest absolute Gasteiger partial charge is 0.120 e. The Labute approximate surface area is 78.2 Å². The van der Waals surface area contributed by atoms with Gasteiger partial charge in [0.1, 0.15) is 12.0 Å². The van der Waals surface area contributed by atoms with Crippen molar-refractivity contribution in [2.75, 3.05) is 0 Å². The number of aldehydes is 1. The fraction of sp³-hybridized carbons (Fsp3) is 0.364. The zero-order valence-corrected chi connectivity index (χ0v) is 7.73. The molecule has 1 aromatic carbocycles. The van der Waals surface area contributed by atoms with E-state index in [0.717, 1.165) is 18.3 Å². The van der Waals surface area contributed by atoms with Gasteiger partial charge in [0.15, 0.2) is 0 Å². The van der Waals surface area contributed by atoms with Crippen LogP contribution in [-0.4, -0.2) is 11.4 Å². The van der Waals surface area contributed by atoms with E-state index in [-0.39, 0.29) is 5.92 Å². The van der Waals surface area contributed by atoms with E-state index in [1.807, 2.05) is 19.1 Å². The molecule has 13 heavy (non-hydrogen) atoms. The second-order valence-electron chi connectivity index (χ2n) is 3.20. The maximum absolute atomic E-state index is 10.2. The highest BCUT2D eigenvalue weighted by atomic mass is 16.3. The number of aromatic hydroxyl groups is 1. The topological polar surface area (TPSA) is 37.3 Å². The Bertz CT molecular complexity index is 281. The Hall–Kier alpha value is -1.31. The van der Waals surface area contributed by atoms with Gasteiger partial charge in [0.2, 0.25) is 0 Å². The van der Waals surface area contributed by atoms with Gasteiger partial charge < -0.3 is 9.90 Å². The molecule has 1 aromatic rings. The Morgan fingerprint density at radius 1 is 1.46 bits per heavy atom. The molecule has 0 aliphatic heterocycles. The summed E-state index contributed by atoms with van der Waals surface area (Å²) in [5.74, 6) is 0.562.